The Morgan fingerprint density at radius 2 is 1.46 bits per heavy atom. The van der Waals surface area contributed by atoms with Crippen LogP contribution in [0.1, 0.15) is 111 Å². The van der Waals surface area contributed by atoms with Crippen LogP contribution in [0.3, 0.4) is 0 Å². The normalized spacial score (nSPS) is 17.5. The van der Waals surface area contributed by atoms with Gasteiger partial charge in [0.25, 0.3) is 5.91 Å². The van der Waals surface area contributed by atoms with Crippen LogP contribution in [-0.4, -0.2) is 38.7 Å². The largest absolute Gasteiger partial charge is 0.493 e. The van der Waals surface area contributed by atoms with Crippen molar-refractivity contribution >= 4 is 11.9 Å². The molecule has 212 valence electrons. The first-order valence-corrected chi connectivity index (χ1v) is 14.1. The first kappa shape index (κ1) is 30.3. The van der Waals surface area contributed by atoms with Crippen LogP contribution in [0.2, 0.25) is 0 Å². The lowest BCUT2D eigenvalue weighted by Crippen LogP contribution is -2.35. The van der Waals surface area contributed by atoms with Gasteiger partial charge in [-0.2, -0.15) is 0 Å². The van der Waals surface area contributed by atoms with Gasteiger partial charge < -0.3 is 19.5 Å². The number of ether oxygens (including phenoxy) is 3. The minimum Gasteiger partial charge on any atom is -0.493 e. The fourth-order valence-electron chi connectivity index (χ4n) is 5.38. The highest BCUT2D eigenvalue weighted by Gasteiger charge is 2.35. The number of carbonyl (C=O) groups is 2. The molecule has 1 N–H and O–H groups in total. The van der Waals surface area contributed by atoms with Crippen LogP contribution in [0.15, 0.2) is 42.5 Å². The van der Waals surface area contributed by atoms with E-state index in [4.69, 9.17) is 14.2 Å². The minimum absolute atomic E-state index is 0.0631. The van der Waals surface area contributed by atoms with Crippen molar-refractivity contribution in [3.05, 3.63) is 70.3 Å². The summed E-state index contributed by atoms with van der Waals surface area (Å²) in [4.78, 5) is 26.9. The molecule has 0 radical (unpaired) electrons. The molecule has 0 saturated heterocycles. The van der Waals surface area contributed by atoms with Gasteiger partial charge in [0.05, 0.1) is 26.7 Å². The molecule has 0 aliphatic heterocycles. The Hall–Kier alpha value is -3.28. The molecular formula is C33H45NO5. The van der Waals surface area contributed by atoms with Crippen molar-refractivity contribution in [3.63, 3.8) is 0 Å². The summed E-state index contributed by atoms with van der Waals surface area (Å²) in [5.41, 5.74) is 4.99. The second kappa shape index (κ2) is 13.2. The van der Waals surface area contributed by atoms with Gasteiger partial charge in [-0.1, -0.05) is 71.9 Å². The number of esters is 1. The summed E-state index contributed by atoms with van der Waals surface area (Å²) in [6, 6.07) is 9.71. The molecule has 39 heavy (non-hydrogen) atoms. The molecule has 2 aromatic rings. The number of nitrogens with one attached hydrogen (secondary N) is 1. The average Bonchev–Trinajstić information content (AvgIpc) is 3.35. The molecule has 6 heteroatoms. The summed E-state index contributed by atoms with van der Waals surface area (Å²) in [6.07, 6.45) is 4.63. The summed E-state index contributed by atoms with van der Waals surface area (Å²) >= 11 is 0. The molecule has 6 nitrogen and oxygen atoms in total. The predicted octanol–water partition coefficient (Wildman–Crippen LogP) is 7.10. The molecule has 0 saturated carbocycles. The molecule has 0 bridgehead atoms. The highest BCUT2D eigenvalue weighted by atomic mass is 16.5. The van der Waals surface area contributed by atoms with Crippen LogP contribution in [0, 0.1) is 5.92 Å². The lowest BCUT2D eigenvalue weighted by atomic mass is 9.83. The van der Waals surface area contributed by atoms with Crippen molar-refractivity contribution in [1.29, 1.82) is 0 Å². The Morgan fingerprint density at radius 1 is 0.846 bits per heavy atom. The first-order valence-electron chi connectivity index (χ1n) is 14.1. The zero-order valence-corrected chi connectivity index (χ0v) is 25.0. The number of carbonyl (C=O) groups excluding carboxylic acids is 2. The molecule has 1 amide bonds. The van der Waals surface area contributed by atoms with Crippen LogP contribution in [-0.2, 0) is 9.53 Å². The highest BCUT2D eigenvalue weighted by molar-refractivity contribution is 5.98. The number of amides is 1. The number of rotatable bonds is 11. The van der Waals surface area contributed by atoms with Crippen molar-refractivity contribution in [2.45, 2.75) is 84.6 Å². The van der Waals surface area contributed by atoms with Crippen LogP contribution >= 0.6 is 0 Å². The van der Waals surface area contributed by atoms with Crippen molar-refractivity contribution < 1.29 is 23.8 Å². The van der Waals surface area contributed by atoms with E-state index in [0.29, 0.717) is 30.4 Å². The predicted molar refractivity (Wildman–Crippen MR) is 156 cm³/mol. The molecular weight excluding hydrogens is 490 g/mol. The smallest absolute Gasteiger partial charge is 0.314 e. The SMILES string of the molecule is CCOC(=O)[C@H](c1ccc(OC)c(OC)c1)[C@@H]1C=C[C@H](NC(=O)c2c(C(C)C)cc(C(C)C)cc2C(C)C)C1. The zero-order valence-electron chi connectivity index (χ0n) is 25.0. The minimum atomic E-state index is -0.523. The maximum Gasteiger partial charge on any atom is 0.314 e. The van der Waals surface area contributed by atoms with Gasteiger partial charge in [0, 0.05) is 11.6 Å². The van der Waals surface area contributed by atoms with Crippen LogP contribution in [0.25, 0.3) is 0 Å². The average molecular weight is 536 g/mol. The molecule has 0 heterocycles. The van der Waals surface area contributed by atoms with Gasteiger partial charge in [0.15, 0.2) is 11.5 Å². The summed E-state index contributed by atoms with van der Waals surface area (Å²) in [5, 5.41) is 3.26. The molecule has 1 aliphatic rings. The number of methoxy groups -OCH3 is 2. The summed E-state index contributed by atoms with van der Waals surface area (Å²) in [6.45, 7) is 15.0. The van der Waals surface area contributed by atoms with Crippen molar-refractivity contribution in [1.82, 2.24) is 5.32 Å². The lowest BCUT2D eigenvalue weighted by molar-refractivity contribution is -0.146. The fourth-order valence-corrected chi connectivity index (χ4v) is 5.38. The summed E-state index contributed by atoms with van der Waals surface area (Å²) < 4.78 is 16.3. The second-order valence-corrected chi connectivity index (χ2v) is 11.2. The van der Waals surface area contributed by atoms with E-state index in [1.54, 1.807) is 27.2 Å². The number of benzene rings is 2. The Morgan fingerprint density at radius 3 is 1.97 bits per heavy atom. The van der Waals surface area contributed by atoms with E-state index in [9.17, 15) is 9.59 Å². The maximum absolute atomic E-state index is 13.8. The fraction of sp³-hybridized carbons (Fsp3) is 0.515. The van der Waals surface area contributed by atoms with Gasteiger partial charge in [-0.25, -0.2) is 0 Å². The monoisotopic (exact) mass is 535 g/mol. The van der Waals surface area contributed by atoms with Gasteiger partial charge in [-0.15, -0.1) is 0 Å². The Bertz CT molecular complexity index is 1170. The Balaban J connectivity index is 1.89. The summed E-state index contributed by atoms with van der Waals surface area (Å²) in [5.74, 6) is 0.957. The van der Waals surface area contributed by atoms with Gasteiger partial charge in [-0.05, 0) is 71.4 Å². The molecule has 3 rings (SSSR count). The van der Waals surface area contributed by atoms with Crippen LogP contribution in [0.5, 0.6) is 11.5 Å². The summed E-state index contributed by atoms with van der Waals surface area (Å²) in [7, 11) is 3.16. The van der Waals surface area contributed by atoms with Gasteiger partial charge >= 0.3 is 5.97 Å². The standard InChI is InChI=1S/C33H45NO5/c1-10-39-33(36)30(23-12-14-28(37-8)29(18-23)38-9)22-11-13-25(15-22)34-32(35)31-26(20(4)5)16-24(19(2)3)17-27(31)21(6)7/h11-14,16-22,25,30H,10,15H2,1-9H3,(H,34,35)/t22-,25+,30+/m1/s1. The van der Waals surface area contributed by atoms with Crippen molar-refractivity contribution in [3.8, 4) is 11.5 Å². The number of hydrogen-bond donors (Lipinski definition) is 1. The molecule has 0 fully saturated rings. The van der Waals surface area contributed by atoms with Gasteiger partial charge in [0.2, 0.25) is 0 Å². The third-order valence-electron chi connectivity index (χ3n) is 7.53. The molecule has 3 atom stereocenters. The molecule has 2 aromatic carbocycles. The topological polar surface area (TPSA) is 73.9 Å². The van der Waals surface area contributed by atoms with E-state index in [0.717, 1.165) is 22.3 Å². The third kappa shape index (κ3) is 6.84. The second-order valence-electron chi connectivity index (χ2n) is 11.2. The maximum atomic E-state index is 13.8. The Labute approximate surface area is 234 Å². The number of allylic oxidation sites excluding steroid dienone is 1. The van der Waals surface area contributed by atoms with Gasteiger partial charge in [0.1, 0.15) is 0 Å². The van der Waals surface area contributed by atoms with E-state index in [1.807, 2.05) is 24.3 Å². The lowest BCUT2D eigenvalue weighted by Gasteiger charge is -2.25. The number of hydrogen-bond acceptors (Lipinski definition) is 5. The molecule has 0 spiro atoms. The Kier molecular flexibility index (Phi) is 10.2. The van der Waals surface area contributed by atoms with E-state index in [1.165, 1.54) is 5.56 Å². The third-order valence-corrected chi connectivity index (χ3v) is 7.53. The zero-order chi connectivity index (χ0) is 28.9. The quantitative estimate of drug-likeness (QED) is 0.245. The van der Waals surface area contributed by atoms with Gasteiger partial charge in [-0.3, -0.25) is 9.59 Å². The van der Waals surface area contributed by atoms with Crippen molar-refractivity contribution in [2.75, 3.05) is 20.8 Å². The highest BCUT2D eigenvalue weighted by Crippen LogP contribution is 2.39. The molecule has 1 aliphatic carbocycles. The van der Waals surface area contributed by atoms with Crippen LogP contribution in [0.4, 0.5) is 0 Å². The molecule has 0 unspecified atom stereocenters. The first-order chi connectivity index (χ1) is 18.5. The van der Waals surface area contributed by atoms with Crippen molar-refractivity contribution in [2.24, 2.45) is 5.92 Å². The van der Waals surface area contributed by atoms with E-state index >= 15 is 0 Å². The van der Waals surface area contributed by atoms with E-state index < -0.39 is 5.92 Å². The molecule has 0 aromatic heterocycles. The van der Waals surface area contributed by atoms with E-state index in [2.05, 4.69) is 59.0 Å². The van der Waals surface area contributed by atoms with Crippen LogP contribution < -0.4 is 14.8 Å². The van der Waals surface area contributed by atoms with E-state index in [-0.39, 0.29) is 35.7 Å².